The Morgan fingerprint density at radius 1 is 1.30 bits per heavy atom. The van der Waals surface area contributed by atoms with E-state index in [1.54, 1.807) is 0 Å². The van der Waals surface area contributed by atoms with E-state index in [-0.39, 0.29) is 36.2 Å². The lowest BCUT2D eigenvalue weighted by atomic mass is 9.80. The van der Waals surface area contributed by atoms with Crippen LogP contribution in [0.15, 0.2) is 0 Å². The number of hydrogen-bond acceptors (Lipinski definition) is 5. The van der Waals surface area contributed by atoms with Gasteiger partial charge in [-0.3, -0.25) is 20.3 Å². The number of halogens is 1. The fraction of sp³-hybridized carbons (Fsp3) is 0.938. The maximum Gasteiger partial charge on any atom is 0.224 e. The highest BCUT2D eigenvalue weighted by atomic mass is 19.1. The van der Waals surface area contributed by atoms with Gasteiger partial charge < -0.3 is 10.1 Å². The Kier molecular flexibility index (Phi) is 4.30. The monoisotopic (exact) mass is 326 g/mol. The fourth-order valence-electron chi connectivity index (χ4n) is 4.77. The fourth-order valence-corrected chi connectivity index (χ4v) is 4.77. The number of carbonyl (C=O) groups excluding carboxylic acids is 1. The Morgan fingerprint density at radius 2 is 2.09 bits per heavy atom. The van der Waals surface area contributed by atoms with E-state index in [0.29, 0.717) is 25.4 Å². The van der Waals surface area contributed by atoms with Crippen molar-refractivity contribution in [2.24, 2.45) is 5.92 Å². The zero-order valence-corrected chi connectivity index (χ0v) is 13.6. The minimum atomic E-state index is -0.892. The maximum atomic E-state index is 14.1. The van der Waals surface area contributed by atoms with E-state index in [9.17, 15) is 9.18 Å². The first-order valence-electron chi connectivity index (χ1n) is 8.92. The molecule has 1 saturated carbocycles. The first-order valence-corrected chi connectivity index (χ1v) is 8.92. The number of carbonyl (C=O) groups is 1. The Bertz CT molecular complexity index is 459. The van der Waals surface area contributed by atoms with Gasteiger partial charge in [-0.15, -0.1) is 0 Å². The van der Waals surface area contributed by atoms with Crippen LogP contribution in [0.4, 0.5) is 4.39 Å². The van der Waals surface area contributed by atoms with Crippen LogP contribution in [0.25, 0.3) is 0 Å². The molecule has 23 heavy (non-hydrogen) atoms. The Balaban J connectivity index is 1.56. The normalized spacial score (nSPS) is 45.4. The van der Waals surface area contributed by atoms with Crippen LogP contribution < -0.4 is 16.0 Å². The van der Waals surface area contributed by atoms with Gasteiger partial charge in [0.2, 0.25) is 5.91 Å². The van der Waals surface area contributed by atoms with Gasteiger partial charge in [-0.05, 0) is 32.6 Å². The quantitative estimate of drug-likeness (QED) is 0.664. The van der Waals surface area contributed by atoms with Gasteiger partial charge >= 0.3 is 0 Å². The topological polar surface area (TPSA) is 65.6 Å². The van der Waals surface area contributed by atoms with Crippen molar-refractivity contribution < 1.29 is 13.9 Å². The van der Waals surface area contributed by atoms with E-state index in [4.69, 9.17) is 4.74 Å². The molecular weight excluding hydrogens is 299 g/mol. The number of alkyl halides is 1. The van der Waals surface area contributed by atoms with Gasteiger partial charge in [0.1, 0.15) is 12.5 Å². The summed E-state index contributed by atoms with van der Waals surface area (Å²) in [6.07, 6.45) is 1.98. The molecule has 0 spiro atoms. The van der Waals surface area contributed by atoms with Crippen LogP contribution >= 0.6 is 0 Å². The average molecular weight is 326 g/mol. The zero-order valence-electron chi connectivity index (χ0n) is 13.6. The van der Waals surface area contributed by atoms with Crippen LogP contribution in [-0.4, -0.2) is 67.2 Å². The van der Waals surface area contributed by atoms with E-state index >= 15 is 0 Å². The van der Waals surface area contributed by atoms with Crippen LogP contribution in [0.2, 0.25) is 0 Å². The third kappa shape index (κ3) is 2.88. The van der Waals surface area contributed by atoms with Crippen molar-refractivity contribution in [2.75, 3.05) is 19.8 Å². The van der Waals surface area contributed by atoms with Crippen molar-refractivity contribution in [3.05, 3.63) is 0 Å². The predicted molar refractivity (Wildman–Crippen MR) is 83.4 cm³/mol. The number of hydrogen-bond donors (Lipinski definition) is 3. The van der Waals surface area contributed by atoms with Crippen LogP contribution in [-0.2, 0) is 9.53 Å². The average Bonchev–Trinajstić information content (AvgIpc) is 2.83. The summed E-state index contributed by atoms with van der Waals surface area (Å²) >= 11 is 0. The molecule has 3 saturated heterocycles. The van der Waals surface area contributed by atoms with Crippen molar-refractivity contribution >= 4 is 5.91 Å². The molecule has 0 aromatic rings. The van der Waals surface area contributed by atoms with Gasteiger partial charge in [-0.2, -0.15) is 0 Å². The molecule has 4 aliphatic rings. The summed E-state index contributed by atoms with van der Waals surface area (Å²) in [6, 6.07) is 0.796. The SMILES string of the molecule is C[C@H]1CNC(=O)C2CC(F)CC3NC(NC4CCOCC4)N1C32. The number of rotatable bonds is 2. The zero-order chi connectivity index (χ0) is 16.0. The highest BCUT2D eigenvalue weighted by Crippen LogP contribution is 2.37. The summed E-state index contributed by atoms with van der Waals surface area (Å²) in [6.45, 7) is 4.36. The minimum Gasteiger partial charge on any atom is -0.381 e. The Morgan fingerprint density at radius 3 is 2.87 bits per heavy atom. The van der Waals surface area contributed by atoms with Gasteiger partial charge in [0.05, 0.1) is 5.92 Å². The van der Waals surface area contributed by atoms with Crippen LogP contribution in [0.3, 0.4) is 0 Å². The molecule has 0 bridgehead atoms. The summed E-state index contributed by atoms with van der Waals surface area (Å²) in [5.41, 5.74) is 0. The highest BCUT2D eigenvalue weighted by Gasteiger charge is 2.54. The smallest absolute Gasteiger partial charge is 0.224 e. The molecule has 1 aliphatic carbocycles. The van der Waals surface area contributed by atoms with Crippen molar-refractivity contribution in [2.45, 2.75) is 69.2 Å². The molecule has 5 unspecified atom stereocenters. The molecule has 3 aliphatic heterocycles. The Hall–Kier alpha value is -0.760. The van der Waals surface area contributed by atoms with Crippen molar-refractivity contribution in [3.8, 4) is 0 Å². The molecule has 3 heterocycles. The van der Waals surface area contributed by atoms with Crippen molar-refractivity contribution in [1.29, 1.82) is 0 Å². The van der Waals surface area contributed by atoms with Crippen molar-refractivity contribution in [1.82, 2.24) is 20.9 Å². The largest absolute Gasteiger partial charge is 0.381 e. The van der Waals surface area contributed by atoms with E-state index in [1.165, 1.54) is 0 Å². The van der Waals surface area contributed by atoms with Gasteiger partial charge in [-0.25, -0.2) is 4.39 Å². The van der Waals surface area contributed by atoms with Crippen molar-refractivity contribution in [3.63, 3.8) is 0 Å². The van der Waals surface area contributed by atoms with Gasteiger partial charge in [0.25, 0.3) is 0 Å². The van der Waals surface area contributed by atoms with Crippen LogP contribution in [0.1, 0.15) is 32.6 Å². The molecule has 3 N–H and O–H groups in total. The molecule has 4 fully saturated rings. The summed E-state index contributed by atoms with van der Waals surface area (Å²) < 4.78 is 19.6. The molecular formula is C16H27FN4O2. The standard InChI is InChI=1S/C16H27FN4O2/c1-9-8-18-15(22)12-6-10(17)7-13-14(12)21(9)16(20-13)19-11-2-4-23-5-3-11/h9-14,16,19-20H,2-8H2,1H3,(H,18,22)/t9-,10?,12?,13?,14?,16?/m0/s1. The molecule has 130 valence electrons. The Labute approximate surface area is 136 Å². The molecule has 6 atom stereocenters. The summed E-state index contributed by atoms with van der Waals surface area (Å²) in [4.78, 5) is 14.8. The maximum absolute atomic E-state index is 14.1. The summed E-state index contributed by atoms with van der Waals surface area (Å²) in [5.74, 6) is -0.229. The molecule has 1 amide bonds. The van der Waals surface area contributed by atoms with E-state index in [1.807, 2.05) is 0 Å². The third-order valence-corrected chi connectivity index (χ3v) is 5.89. The summed E-state index contributed by atoms with van der Waals surface area (Å²) in [7, 11) is 0. The molecule has 4 rings (SSSR count). The minimum absolute atomic E-state index is 0.0172. The van der Waals surface area contributed by atoms with Gasteiger partial charge in [-0.1, -0.05) is 0 Å². The van der Waals surface area contributed by atoms with Crippen LogP contribution in [0.5, 0.6) is 0 Å². The molecule has 6 nitrogen and oxygen atoms in total. The number of nitrogens with one attached hydrogen (secondary N) is 3. The molecule has 0 aromatic carbocycles. The number of nitrogens with zero attached hydrogens (tertiary/aromatic N) is 1. The molecule has 0 radical (unpaired) electrons. The number of amides is 1. The second kappa shape index (κ2) is 6.27. The molecule has 0 aromatic heterocycles. The van der Waals surface area contributed by atoms with E-state index in [2.05, 4.69) is 27.8 Å². The van der Waals surface area contributed by atoms with E-state index in [0.717, 1.165) is 26.1 Å². The summed E-state index contributed by atoms with van der Waals surface area (Å²) in [5, 5.41) is 10.3. The first kappa shape index (κ1) is 15.7. The predicted octanol–water partition coefficient (Wildman–Crippen LogP) is -0.0526. The number of ether oxygens (including phenoxy) is 1. The van der Waals surface area contributed by atoms with Gasteiger partial charge in [0.15, 0.2) is 0 Å². The van der Waals surface area contributed by atoms with E-state index < -0.39 is 6.17 Å². The lowest BCUT2D eigenvalue weighted by Gasteiger charge is -2.39. The second-order valence-electron chi connectivity index (χ2n) is 7.44. The van der Waals surface area contributed by atoms with Gasteiger partial charge in [0, 0.05) is 43.9 Å². The first-order chi connectivity index (χ1) is 11.1. The highest BCUT2D eigenvalue weighted by molar-refractivity contribution is 5.80. The third-order valence-electron chi connectivity index (χ3n) is 5.89. The molecule has 7 heteroatoms. The second-order valence-corrected chi connectivity index (χ2v) is 7.44. The lowest BCUT2D eigenvalue weighted by molar-refractivity contribution is -0.127. The van der Waals surface area contributed by atoms with Crippen LogP contribution in [0, 0.1) is 5.92 Å². The lowest BCUT2D eigenvalue weighted by Crippen LogP contribution is -2.57.